The van der Waals surface area contributed by atoms with Crippen LogP contribution in [0.1, 0.15) is 33.2 Å². The van der Waals surface area contributed by atoms with Crippen LogP contribution < -0.4 is 4.80 Å². The molecule has 0 fully saturated rings. The number of amides is 1. The number of Topliss-reactive ketones (excluding diaryl/α,β-unsaturated/α-hetero) is 1. The monoisotopic (exact) mass is 368 g/mol. The Morgan fingerprint density at radius 1 is 1.12 bits per heavy atom. The minimum absolute atomic E-state index is 0.0293. The first-order valence-electron chi connectivity index (χ1n) is 8.29. The van der Waals surface area contributed by atoms with Crippen molar-refractivity contribution >= 4 is 33.2 Å². The van der Waals surface area contributed by atoms with Gasteiger partial charge in [-0.2, -0.15) is 4.99 Å². The number of thiazole rings is 1. The highest BCUT2D eigenvalue weighted by Crippen LogP contribution is 2.21. The molecule has 0 aliphatic heterocycles. The predicted octanol–water partition coefficient (Wildman–Crippen LogP) is 3.60. The molecule has 0 radical (unpaired) electrons. The van der Waals surface area contributed by atoms with E-state index in [-0.39, 0.29) is 11.7 Å². The van der Waals surface area contributed by atoms with Crippen LogP contribution in [0.4, 0.5) is 0 Å². The summed E-state index contributed by atoms with van der Waals surface area (Å²) in [7, 11) is 1.65. The molecule has 0 aliphatic rings. The van der Waals surface area contributed by atoms with Crippen molar-refractivity contribution in [2.75, 3.05) is 13.7 Å². The molecular weight excluding hydrogens is 348 g/mol. The van der Waals surface area contributed by atoms with Crippen LogP contribution in [0, 0.1) is 6.92 Å². The topological polar surface area (TPSA) is 60.7 Å². The van der Waals surface area contributed by atoms with E-state index in [1.165, 1.54) is 18.3 Å². The van der Waals surface area contributed by atoms with Gasteiger partial charge in [-0.25, -0.2) is 0 Å². The van der Waals surface area contributed by atoms with Crippen LogP contribution in [-0.4, -0.2) is 30.0 Å². The fourth-order valence-electron chi connectivity index (χ4n) is 2.78. The number of para-hydroxylation sites is 1. The number of ketones is 1. The quantitative estimate of drug-likeness (QED) is 0.647. The lowest BCUT2D eigenvalue weighted by molar-refractivity contribution is 0.0991. The third kappa shape index (κ3) is 3.66. The summed E-state index contributed by atoms with van der Waals surface area (Å²) in [4.78, 5) is 28.9. The Morgan fingerprint density at radius 2 is 1.81 bits per heavy atom. The number of ether oxygens (including phenoxy) is 1. The van der Waals surface area contributed by atoms with Crippen LogP contribution in [-0.2, 0) is 11.3 Å². The zero-order valence-electron chi connectivity index (χ0n) is 15.0. The van der Waals surface area contributed by atoms with E-state index in [1.807, 2.05) is 29.7 Å². The highest BCUT2D eigenvalue weighted by molar-refractivity contribution is 7.16. The van der Waals surface area contributed by atoms with Crippen molar-refractivity contribution in [3.63, 3.8) is 0 Å². The molecule has 0 N–H and O–H groups in total. The summed E-state index contributed by atoms with van der Waals surface area (Å²) in [5, 5.41) is 0. The number of methoxy groups -OCH3 is 1. The van der Waals surface area contributed by atoms with Crippen molar-refractivity contribution in [1.82, 2.24) is 4.57 Å². The van der Waals surface area contributed by atoms with Gasteiger partial charge in [0.05, 0.1) is 16.8 Å². The molecule has 134 valence electrons. The first kappa shape index (κ1) is 18.2. The molecule has 2 aromatic carbocycles. The Hall–Kier alpha value is -2.57. The number of aromatic nitrogens is 1. The van der Waals surface area contributed by atoms with Gasteiger partial charge in [0.25, 0.3) is 5.91 Å². The SMILES string of the molecule is COCCn1c(=NC(=O)c2ccc(C(C)=O)cc2)sc2cccc(C)c21. The molecule has 0 unspecified atom stereocenters. The lowest BCUT2D eigenvalue weighted by atomic mass is 10.1. The number of benzene rings is 2. The zero-order chi connectivity index (χ0) is 18.7. The van der Waals surface area contributed by atoms with E-state index in [0.29, 0.717) is 29.1 Å². The number of hydrogen-bond donors (Lipinski definition) is 0. The van der Waals surface area contributed by atoms with Crippen LogP contribution in [0.15, 0.2) is 47.5 Å². The molecule has 0 bridgehead atoms. The third-order valence-electron chi connectivity index (χ3n) is 4.16. The standard InChI is InChI=1S/C20H20N2O3S/c1-13-5-4-6-17-18(13)22(11-12-25-3)20(26-17)21-19(24)16-9-7-15(8-10-16)14(2)23/h4-10H,11-12H2,1-3H3. The second-order valence-electron chi connectivity index (χ2n) is 6.00. The lowest BCUT2D eigenvalue weighted by Gasteiger charge is -2.06. The number of fused-ring (bicyclic) bond motifs is 1. The van der Waals surface area contributed by atoms with Gasteiger partial charge in [0.15, 0.2) is 10.6 Å². The molecule has 3 rings (SSSR count). The molecule has 0 spiro atoms. The van der Waals surface area contributed by atoms with Crippen molar-refractivity contribution in [2.24, 2.45) is 4.99 Å². The highest BCUT2D eigenvalue weighted by Gasteiger charge is 2.11. The van der Waals surface area contributed by atoms with Crippen molar-refractivity contribution in [2.45, 2.75) is 20.4 Å². The maximum Gasteiger partial charge on any atom is 0.279 e. The molecule has 0 aliphatic carbocycles. The minimum atomic E-state index is -0.324. The second-order valence-corrected chi connectivity index (χ2v) is 7.01. The number of carbonyl (C=O) groups is 2. The molecule has 0 atom stereocenters. The summed E-state index contributed by atoms with van der Waals surface area (Å²) >= 11 is 1.49. The molecule has 0 saturated heterocycles. The maximum absolute atomic E-state index is 12.6. The average Bonchev–Trinajstić information content (AvgIpc) is 2.98. The molecule has 5 nitrogen and oxygen atoms in total. The molecule has 3 aromatic rings. The van der Waals surface area contributed by atoms with Crippen LogP contribution in [0.25, 0.3) is 10.2 Å². The van der Waals surface area contributed by atoms with Gasteiger partial charge >= 0.3 is 0 Å². The van der Waals surface area contributed by atoms with E-state index >= 15 is 0 Å². The van der Waals surface area contributed by atoms with Gasteiger partial charge in [-0.15, -0.1) is 0 Å². The fourth-order valence-corrected chi connectivity index (χ4v) is 3.91. The average molecular weight is 368 g/mol. The van der Waals surface area contributed by atoms with Gasteiger partial charge < -0.3 is 9.30 Å². The van der Waals surface area contributed by atoms with Gasteiger partial charge in [0, 0.05) is 24.8 Å². The van der Waals surface area contributed by atoms with Crippen LogP contribution in [0.3, 0.4) is 0 Å². The molecule has 1 aromatic heterocycles. The number of carbonyl (C=O) groups excluding carboxylic acids is 2. The summed E-state index contributed by atoms with van der Waals surface area (Å²) in [5.74, 6) is -0.353. The van der Waals surface area contributed by atoms with Gasteiger partial charge in [0.1, 0.15) is 0 Å². The Bertz CT molecular complexity index is 1030. The molecular formula is C20H20N2O3S. The summed E-state index contributed by atoms with van der Waals surface area (Å²) in [6.07, 6.45) is 0. The summed E-state index contributed by atoms with van der Waals surface area (Å²) in [5.41, 5.74) is 3.25. The minimum Gasteiger partial charge on any atom is -0.383 e. The Labute approximate surface area is 155 Å². The van der Waals surface area contributed by atoms with Crippen LogP contribution in [0.5, 0.6) is 0 Å². The van der Waals surface area contributed by atoms with Crippen molar-refractivity contribution in [3.8, 4) is 0 Å². The van der Waals surface area contributed by atoms with Crippen molar-refractivity contribution in [3.05, 3.63) is 64.0 Å². The Balaban J connectivity index is 2.06. The third-order valence-corrected chi connectivity index (χ3v) is 5.20. The second kappa shape index (κ2) is 7.76. The number of rotatable bonds is 5. The van der Waals surface area contributed by atoms with Crippen LogP contribution >= 0.6 is 11.3 Å². The first-order valence-corrected chi connectivity index (χ1v) is 9.11. The largest absolute Gasteiger partial charge is 0.383 e. The van der Waals surface area contributed by atoms with Gasteiger partial charge in [0.2, 0.25) is 0 Å². The van der Waals surface area contributed by atoms with Gasteiger partial charge in [-0.05, 0) is 37.6 Å². The molecule has 26 heavy (non-hydrogen) atoms. The highest BCUT2D eigenvalue weighted by atomic mass is 32.1. The fraction of sp³-hybridized carbons (Fsp3) is 0.250. The summed E-state index contributed by atoms with van der Waals surface area (Å²) < 4.78 is 8.32. The van der Waals surface area contributed by atoms with E-state index in [2.05, 4.69) is 4.99 Å². The number of nitrogens with zero attached hydrogens (tertiary/aromatic N) is 2. The number of hydrogen-bond acceptors (Lipinski definition) is 4. The predicted molar refractivity (Wildman–Crippen MR) is 103 cm³/mol. The zero-order valence-corrected chi connectivity index (χ0v) is 15.8. The van der Waals surface area contributed by atoms with E-state index in [4.69, 9.17) is 4.74 Å². The summed E-state index contributed by atoms with van der Waals surface area (Å²) in [6, 6.07) is 12.7. The lowest BCUT2D eigenvalue weighted by Crippen LogP contribution is -2.19. The molecule has 6 heteroatoms. The molecule has 0 saturated carbocycles. The molecule has 1 heterocycles. The van der Waals surface area contributed by atoms with E-state index < -0.39 is 0 Å². The van der Waals surface area contributed by atoms with Gasteiger partial charge in [-0.1, -0.05) is 35.6 Å². The van der Waals surface area contributed by atoms with E-state index in [0.717, 1.165) is 15.8 Å². The summed E-state index contributed by atoms with van der Waals surface area (Å²) in [6.45, 7) is 4.70. The maximum atomic E-state index is 12.6. The number of aryl methyl sites for hydroxylation is 1. The first-order chi connectivity index (χ1) is 12.5. The molecule has 1 amide bonds. The van der Waals surface area contributed by atoms with E-state index in [9.17, 15) is 9.59 Å². The van der Waals surface area contributed by atoms with Crippen molar-refractivity contribution < 1.29 is 14.3 Å². The van der Waals surface area contributed by atoms with Crippen molar-refractivity contribution in [1.29, 1.82) is 0 Å². The van der Waals surface area contributed by atoms with Crippen LogP contribution in [0.2, 0.25) is 0 Å². The van der Waals surface area contributed by atoms with Gasteiger partial charge in [-0.3, -0.25) is 9.59 Å². The van der Waals surface area contributed by atoms with E-state index in [1.54, 1.807) is 31.4 Å². The normalized spacial score (nSPS) is 11.9. The smallest absolute Gasteiger partial charge is 0.279 e. The Morgan fingerprint density at radius 3 is 2.46 bits per heavy atom. The Kier molecular flexibility index (Phi) is 5.44.